The van der Waals surface area contributed by atoms with Crippen molar-refractivity contribution in [2.75, 3.05) is 0 Å². The number of hydrogen-bond acceptors (Lipinski definition) is 4. The normalized spacial score (nSPS) is 13.8. The summed E-state index contributed by atoms with van der Waals surface area (Å²) in [5.41, 5.74) is 6.98. The van der Waals surface area contributed by atoms with E-state index in [1.165, 1.54) is 11.3 Å². The Balaban J connectivity index is 1.89. The van der Waals surface area contributed by atoms with Crippen molar-refractivity contribution in [3.05, 3.63) is 52.5 Å². The van der Waals surface area contributed by atoms with Crippen LogP contribution in [0.3, 0.4) is 0 Å². The van der Waals surface area contributed by atoms with Gasteiger partial charge in [-0.05, 0) is 18.9 Å². The predicted molar refractivity (Wildman–Crippen MR) is 76.8 cm³/mol. The topological polar surface area (TPSA) is 68.0 Å². The number of aromatic nitrogens is 1. The number of nitrogens with two attached hydrogens (primary N) is 1. The molecule has 1 aromatic heterocycles. The van der Waals surface area contributed by atoms with E-state index in [1.54, 1.807) is 6.20 Å². The molecule has 0 saturated heterocycles. The molecule has 1 amide bonds. The van der Waals surface area contributed by atoms with Crippen LogP contribution < -0.4 is 11.1 Å². The Morgan fingerprint density at radius 3 is 2.79 bits per heavy atom. The van der Waals surface area contributed by atoms with Gasteiger partial charge in [0.1, 0.15) is 5.01 Å². The number of amides is 1. The molecular weight excluding hydrogens is 258 g/mol. The van der Waals surface area contributed by atoms with E-state index in [2.05, 4.69) is 10.3 Å². The first kappa shape index (κ1) is 13.7. The minimum atomic E-state index is -0.537. The van der Waals surface area contributed by atoms with Crippen molar-refractivity contribution in [3.8, 4) is 0 Å². The minimum absolute atomic E-state index is 0.102. The highest BCUT2D eigenvalue weighted by molar-refractivity contribution is 7.09. The highest BCUT2D eigenvalue weighted by atomic mass is 32.1. The summed E-state index contributed by atoms with van der Waals surface area (Å²) in [6, 6.07) is 9.13. The van der Waals surface area contributed by atoms with E-state index in [0.29, 0.717) is 6.42 Å². The Kier molecular flexibility index (Phi) is 4.65. The number of nitrogens with one attached hydrogen (secondary N) is 1. The van der Waals surface area contributed by atoms with Crippen LogP contribution in [-0.4, -0.2) is 16.9 Å². The van der Waals surface area contributed by atoms with Gasteiger partial charge in [-0.15, -0.1) is 11.3 Å². The second-order valence-corrected chi connectivity index (χ2v) is 5.32. The van der Waals surface area contributed by atoms with Gasteiger partial charge in [-0.25, -0.2) is 4.98 Å². The van der Waals surface area contributed by atoms with Crippen molar-refractivity contribution in [1.29, 1.82) is 0 Å². The Labute approximate surface area is 116 Å². The average molecular weight is 275 g/mol. The third kappa shape index (κ3) is 3.87. The number of benzene rings is 1. The van der Waals surface area contributed by atoms with Crippen LogP contribution >= 0.6 is 11.3 Å². The fraction of sp³-hybridized carbons (Fsp3) is 0.286. The summed E-state index contributed by atoms with van der Waals surface area (Å²) >= 11 is 1.52. The average Bonchev–Trinajstić information content (AvgIpc) is 2.93. The molecule has 2 rings (SSSR count). The smallest absolute Gasteiger partial charge is 0.237 e. The second-order valence-electron chi connectivity index (χ2n) is 4.40. The van der Waals surface area contributed by atoms with Crippen LogP contribution in [0.15, 0.2) is 41.9 Å². The van der Waals surface area contributed by atoms with Gasteiger partial charge in [-0.1, -0.05) is 30.3 Å². The molecule has 0 radical (unpaired) electrons. The maximum absolute atomic E-state index is 12.0. The fourth-order valence-corrected chi connectivity index (χ4v) is 2.44. The van der Waals surface area contributed by atoms with Gasteiger partial charge in [0.2, 0.25) is 5.91 Å². The van der Waals surface area contributed by atoms with Gasteiger partial charge >= 0.3 is 0 Å². The lowest BCUT2D eigenvalue weighted by Crippen LogP contribution is -2.42. The first-order valence-electron chi connectivity index (χ1n) is 6.16. The molecule has 1 aromatic carbocycles. The summed E-state index contributed by atoms with van der Waals surface area (Å²) in [7, 11) is 0. The summed E-state index contributed by atoms with van der Waals surface area (Å²) in [5.74, 6) is -0.147. The summed E-state index contributed by atoms with van der Waals surface area (Å²) in [5, 5.41) is 5.67. The van der Waals surface area contributed by atoms with Gasteiger partial charge in [-0.3, -0.25) is 4.79 Å². The van der Waals surface area contributed by atoms with Gasteiger partial charge in [0.25, 0.3) is 0 Å². The van der Waals surface area contributed by atoms with Gasteiger partial charge in [-0.2, -0.15) is 0 Å². The summed E-state index contributed by atoms with van der Waals surface area (Å²) in [6.07, 6.45) is 2.27. The zero-order valence-corrected chi connectivity index (χ0v) is 11.6. The van der Waals surface area contributed by atoms with E-state index >= 15 is 0 Å². The molecular formula is C14H17N3OS. The molecule has 0 saturated carbocycles. The van der Waals surface area contributed by atoms with Crippen molar-refractivity contribution in [3.63, 3.8) is 0 Å². The molecule has 1 unspecified atom stereocenters. The Morgan fingerprint density at radius 2 is 2.16 bits per heavy atom. The quantitative estimate of drug-likeness (QED) is 0.875. The van der Waals surface area contributed by atoms with E-state index in [0.717, 1.165) is 10.6 Å². The molecule has 4 nitrogen and oxygen atoms in total. The summed E-state index contributed by atoms with van der Waals surface area (Å²) in [6.45, 7) is 1.91. The van der Waals surface area contributed by atoms with Crippen LogP contribution in [0.2, 0.25) is 0 Å². The van der Waals surface area contributed by atoms with Gasteiger partial charge in [0.15, 0.2) is 0 Å². The molecule has 0 fully saturated rings. The molecule has 1 heterocycles. The molecule has 0 bridgehead atoms. The maximum atomic E-state index is 12.0. The monoisotopic (exact) mass is 275 g/mol. The third-order valence-corrected chi connectivity index (χ3v) is 3.77. The number of thiazole rings is 1. The number of carbonyl (C=O) groups is 1. The zero-order valence-electron chi connectivity index (χ0n) is 10.7. The molecule has 3 N–H and O–H groups in total. The van der Waals surface area contributed by atoms with Crippen LogP contribution in [-0.2, 0) is 11.2 Å². The highest BCUT2D eigenvalue weighted by Crippen LogP contribution is 2.14. The molecule has 0 aliphatic carbocycles. The largest absolute Gasteiger partial charge is 0.346 e. The van der Waals surface area contributed by atoms with E-state index < -0.39 is 6.04 Å². The van der Waals surface area contributed by atoms with E-state index in [1.807, 2.05) is 42.6 Å². The van der Waals surface area contributed by atoms with Crippen molar-refractivity contribution < 1.29 is 4.79 Å². The summed E-state index contributed by atoms with van der Waals surface area (Å²) in [4.78, 5) is 16.2. The highest BCUT2D eigenvalue weighted by Gasteiger charge is 2.17. The van der Waals surface area contributed by atoms with E-state index in [-0.39, 0.29) is 11.9 Å². The van der Waals surface area contributed by atoms with Crippen LogP contribution in [0, 0.1) is 0 Å². The minimum Gasteiger partial charge on any atom is -0.346 e. The van der Waals surface area contributed by atoms with E-state index in [4.69, 9.17) is 5.73 Å². The predicted octanol–water partition coefficient (Wildman–Crippen LogP) is 1.89. The number of hydrogen-bond donors (Lipinski definition) is 2. The zero-order chi connectivity index (χ0) is 13.7. The van der Waals surface area contributed by atoms with Crippen LogP contribution in [0.1, 0.15) is 23.5 Å². The van der Waals surface area contributed by atoms with Crippen LogP contribution in [0.25, 0.3) is 0 Å². The Morgan fingerprint density at radius 1 is 1.42 bits per heavy atom. The molecule has 0 spiro atoms. The van der Waals surface area contributed by atoms with Crippen LogP contribution in [0.5, 0.6) is 0 Å². The van der Waals surface area contributed by atoms with Crippen LogP contribution in [0.4, 0.5) is 0 Å². The molecule has 0 aliphatic heterocycles. The maximum Gasteiger partial charge on any atom is 0.237 e. The Bertz CT molecular complexity index is 513. The third-order valence-electron chi connectivity index (χ3n) is 2.82. The molecule has 2 atom stereocenters. The lowest BCUT2D eigenvalue weighted by Gasteiger charge is -2.16. The number of nitrogens with zero attached hydrogens (tertiary/aromatic N) is 1. The van der Waals surface area contributed by atoms with Gasteiger partial charge < -0.3 is 11.1 Å². The number of carbonyl (C=O) groups excluding carboxylic acids is 1. The lowest BCUT2D eigenvalue weighted by molar-refractivity contribution is -0.123. The fourth-order valence-electron chi connectivity index (χ4n) is 1.79. The first-order valence-corrected chi connectivity index (χ1v) is 7.04. The molecule has 2 aromatic rings. The first-order chi connectivity index (χ1) is 9.16. The van der Waals surface area contributed by atoms with Crippen molar-refractivity contribution in [2.45, 2.75) is 25.4 Å². The second kappa shape index (κ2) is 6.45. The summed E-state index contributed by atoms with van der Waals surface area (Å²) < 4.78 is 0. The van der Waals surface area contributed by atoms with E-state index in [9.17, 15) is 4.79 Å². The standard InChI is InChI=1S/C14H17N3OS/c1-10(14-16-7-8-19-14)17-13(18)12(15)9-11-5-3-2-4-6-11/h2-8,10,12H,9,15H2,1H3,(H,17,18)/t10?,12-/m0/s1. The molecule has 19 heavy (non-hydrogen) atoms. The molecule has 100 valence electrons. The van der Waals surface area contributed by atoms with Crippen molar-refractivity contribution >= 4 is 17.2 Å². The Hall–Kier alpha value is -1.72. The van der Waals surface area contributed by atoms with Gasteiger partial charge in [0, 0.05) is 11.6 Å². The SMILES string of the molecule is CC(NC(=O)[C@@H](N)Cc1ccccc1)c1nccs1. The lowest BCUT2D eigenvalue weighted by atomic mass is 10.1. The number of rotatable bonds is 5. The van der Waals surface area contributed by atoms with Crippen molar-refractivity contribution in [1.82, 2.24) is 10.3 Å². The molecule has 0 aliphatic rings. The molecule has 5 heteroatoms. The van der Waals surface area contributed by atoms with Crippen molar-refractivity contribution in [2.24, 2.45) is 5.73 Å². The van der Waals surface area contributed by atoms with Gasteiger partial charge in [0.05, 0.1) is 12.1 Å².